The van der Waals surface area contributed by atoms with Gasteiger partial charge in [0.2, 0.25) is 0 Å². The van der Waals surface area contributed by atoms with Gasteiger partial charge in [0.15, 0.2) is 11.3 Å². The van der Waals surface area contributed by atoms with Crippen molar-refractivity contribution in [1.29, 1.82) is 0 Å². The van der Waals surface area contributed by atoms with Gasteiger partial charge in [-0.2, -0.15) is 0 Å². The number of hydrogen-bond donors (Lipinski definition) is 1. The highest BCUT2D eigenvalue weighted by Gasteiger charge is 2.56. The van der Waals surface area contributed by atoms with Crippen LogP contribution < -0.4 is 5.11 Å². The quantitative estimate of drug-likeness (QED) is 0.658. The van der Waals surface area contributed by atoms with Crippen LogP contribution in [-0.4, -0.2) is 39.9 Å². The second-order valence-electron chi connectivity index (χ2n) is 4.17. The van der Waals surface area contributed by atoms with Crippen LogP contribution in [0.3, 0.4) is 0 Å². The molecule has 0 aromatic rings. The van der Waals surface area contributed by atoms with Gasteiger partial charge in [-0.15, -0.1) is 0 Å². The first-order valence-corrected chi connectivity index (χ1v) is 4.61. The predicted molar refractivity (Wildman–Crippen MR) is 47.5 cm³/mol. The van der Waals surface area contributed by atoms with E-state index in [0.717, 1.165) is 4.90 Å². The molecule has 15 heavy (non-hydrogen) atoms. The van der Waals surface area contributed by atoms with Crippen molar-refractivity contribution in [3.8, 4) is 0 Å². The Hall–Kier alpha value is -1.30. The minimum atomic E-state index is -1.51. The van der Waals surface area contributed by atoms with Crippen molar-refractivity contribution in [2.45, 2.75) is 38.5 Å². The molecule has 0 bridgehead atoms. The molecule has 6 heteroatoms. The largest absolute Gasteiger partial charge is 0.550 e. The van der Waals surface area contributed by atoms with Crippen molar-refractivity contribution in [2.75, 3.05) is 6.54 Å². The molecule has 0 aliphatic carbocycles. The molecule has 1 fully saturated rings. The number of hydrogen-bond acceptors (Lipinski definition) is 5. The lowest BCUT2D eigenvalue weighted by molar-refractivity contribution is -0.306. The van der Waals surface area contributed by atoms with Crippen LogP contribution in [0, 0.1) is 0 Å². The first kappa shape index (κ1) is 11.8. The number of nitrogens with zero attached hydrogens (tertiary/aromatic N) is 1. The first-order chi connectivity index (χ1) is 6.68. The second-order valence-corrected chi connectivity index (χ2v) is 4.17. The van der Waals surface area contributed by atoms with Crippen LogP contribution in [0.1, 0.15) is 27.2 Å². The summed E-state index contributed by atoms with van der Waals surface area (Å²) >= 11 is 0. The molecule has 1 aliphatic rings. The van der Waals surface area contributed by atoms with Crippen molar-refractivity contribution in [1.82, 2.24) is 4.90 Å². The summed E-state index contributed by atoms with van der Waals surface area (Å²) in [6, 6.07) is 0. The number of ether oxygens (including phenoxy) is 1. The van der Waals surface area contributed by atoms with Crippen molar-refractivity contribution in [2.24, 2.45) is 0 Å². The Balaban J connectivity index is 2.80. The van der Waals surface area contributed by atoms with E-state index in [4.69, 9.17) is 4.74 Å². The zero-order chi connectivity index (χ0) is 11.9. The highest BCUT2D eigenvalue weighted by molar-refractivity contribution is 5.73. The van der Waals surface area contributed by atoms with E-state index in [2.05, 4.69) is 0 Å². The van der Waals surface area contributed by atoms with Crippen LogP contribution in [0.2, 0.25) is 0 Å². The minimum absolute atomic E-state index is 0.127. The van der Waals surface area contributed by atoms with Gasteiger partial charge in [-0.05, 0) is 20.8 Å². The highest BCUT2D eigenvalue weighted by Crippen LogP contribution is 2.36. The lowest BCUT2D eigenvalue weighted by Gasteiger charge is -2.34. The lowest BCUT2D eigenvalue weighted by atomic mass is 9.96. The van der Waals surface area contributed by atoms with E-state index in [1.807, 2.05) is 0 Å². The summed E-state index contributed by atoms with van der Waals surface area (Å²) in [7, 11) is 0. The molecule has 1 aliphatic heterocycles. The summed E-state index contributed by atoms with van der Waals surface area (Å²) in [5.74, 6) is -1.27. The Kier molecular flexibility index (Phi) is 2.65. The van der Waals surface area contributed by atoms with E-state index in [0.29, 0.717) is 0 Å². The van der Waals surface area contributed by atoms with Gasteiger partial charge in [0.05, 0.1) is 0 Å². The average Bonchev–Trinajstić information content (AvgIpc) is 2.15. The molecule has 86 valence electrons. The molecule has 1 amide bonds. The maximum Gasteiger partial charge on any atom is 0.412 e. The summed E-state index contributed by atoms with van der Waals surface area (Å²) in [5, 5.41) is 20.3. The molecule has 0 spiro atoms. The van der Waals surface area contributed by atoms with Gasteiger partial charge in [0.1, 0.15) is 0 Å². The van der Waals surface area contributed by atoms with E-state index < -0.39 is 23.4 Å². The minimum Gasteiger partial charge on any atom is -0.550 e. The van der Waals surface area contributed by atoms with Gasteiger partial charge in [0.25, 0.3) is 0 Å². The zero-order valence-electron chi connectivity index (χ0n) is 8.94. The van der Waals surface area contributed by atoms with Crippen LogP contribution >= 0.6 is 0 Å². The molecule has 0 saturated carbocycles. The number of aliphatic hydroxyl groups is 1. The Morgan fingerprint density at radius 1 is 1.53 bits per heavy atom. The average molecular weight is 216 g/mol. The Morgan fingerprint density at radius 2 is 2.07 bits per heavy atom. The van der Waals surface area contributed by atoms with Crippen molar-refractivity contribution in [3.63, 3.8) is 0 Å². The molecule has 0 aromatic heterocycles. The summed E-state index contributed by atoms with van der Waals surface area (Å²) in [6.45, 7) is 4.40. The predicted octanol–water partition coefficient (Wildman–Crippen LogP) is -0.934. The Morgan fingerprint density at radius 3 is 2.40 bits per heavy atom. The van der Waals surface area contributed by atoms with Crippen LogP contribution in [-0.2, 0) is 9.53 Å². The SMILES string of the molecule is CC1(C)OC(=O)N(CCC(=O)[O-])[C@]1(C)O. The van der Waals surface area contributed by atoms with Crippen LogP contribution in [0.4, 0.5) is 4.79 Å². The van der Waals surface area contributed by atoms with Crippen molar-refractivity contribution in [3.05, 3.63) is 0 Å². The Labute approximate surface area is 87.4 Å². The summed E-state index contributed by atoms with van der Waals surface area (Å²) in [4.78, 5) is 22.6. The molecule has 1 saturated heterocycles. The molecule has 0 unspecified atom stereocenters. The molecule has 1 rings (SSSR count). The van der Waals surface area contributed by atoms with Gasteiger partial charge >= 0.3 is 6.09 Å². The van der Waals surface area contributed by atoms with E-state index in [1.54, 1.807) is 13.8 Å². The van der Waals surface area contributed by atoms with E-state index in [-0.39, 0.29) is 13.0 Å². The second kappa shape index (κ2) is 3.37. The lowest BCUT2D eigenvalue weighted by Crippen LogP contribution is -2.54. The summed E-state index contributed by atoms with van der Waals surface area (Å²) in [6.07, 6.45) is -1.05. The third-order valence-corrected chi connectivity index (χ3v) is 2.77. The maximum absolute atomic E-state index is 11.3. The van der Waals surface area contributed by atoms with E-state index in [1.165, 1.54) is 6.92 Å². The number of amides is 1. The topological polar surface area (TPSA) is 89.9 Å². The fraction of sp³-hybridized carbons (Fsp3) is 0.778. The van der Waals surface area contributed by atoms with Crippen LogP contribution in [0.15, 0.2) is 0 Å². The summed E-state index contributed by atoms with van der Waals surface area (Å²) < 4.78 is 4.93. The number of carbonyl (C=O) groups is 2. The van der Waals surface area contributed by atoms with Crippen LogP contribution in [0.25, 0.3) is 0 Å². The van der Waals surface area contributed by atoms with Crippen LogP contribution in [0.5, 0.6) is 0 Å². The number of carboxylic acid groups (broad SMARTS) is 1. The first-order valence-electron chi connectivity index (χ1n) is 4.61. The fourth-order valence-corrected chi connectivity index (χ4v) is 1.38. The standard InChI is InChI=1S/C9H15NO5/c1-8(2)9(3,14)10(7(13)15-8)5-4-6(11)12/h14H,4-5H2,1-3H3,(H,11,12)/p-1/t9-/m1/s1. The van der Waals surface area contributed by atoms with Gasteiger partial charge < -0.3 is 19.7 Å². The highest BCUT2D eigenvalue weighted by atomic mass is 16.6. The molecular weight excluding hydrogens is 202 g/mol. The van der Waals surface area contributed by atoms with Gasteiger partial charge in [-0.1, -0.05) is 0 Å². The molecule has 1 heterocycles. The van der Waals surface area contributed by atoms with E-state index >= 15 is 0 Å². The fourth-order valence-electron chi connectivity index (χ4n) is 1.38. The molecule has 1 N–H and O–H groups in total. The molecular formula is C9H14NO5-. The van der Waals surface area contributed by atoms with Gasteiger partial charge in [0, 0.05) is 18.9 Å². The normalized spacial score (nSPS) is 29.1. The zero-order valence-corrected chi connectivity index (χ0v) is 8.94. The number of carboxylic acids is 1. The van der Waals surface area contributed by atoms with E-state index in [9.17, 15) is 19.8 Å². The number of aliphatic carboxylic acids is 1. The molecule has 6 nitrogen and oxygen atoms in total. The number of rotatable bonds is 3. The maximum atomic E-state index is 11.3. The summed E-state index contributed by atoms with van der Waals surface area (Å²) in [5.41, 5.74) is -2.57. The monoisotopic (exact) mass is 216 g/mol. The number of carbonyl (C=O) groups excluding carboxylic acids is 2. The number of cyclic esters (lactones) is 1. The third kappa shape index (κ3) is 1.90. The molecule has 1 atom stereocenters. The molecule has 0 aromatic carbocycles. The van der Waals surface area contributed by atoms with Gasteiger partial charge in [-0.3, -0.25) is 4.90 Å². The smallest absolute Gasteiger partial charge is 0.412 e. The third-order valence-electron chi connectivity index (χ3n) is 2.77. The van der Waals surface area contributed by atoms with Crippen molar-refractivity contribution < 1.29 is 24.5 Å². The Bertz CT molecular complexity index is 297. The van der Waals surface area contributed by atoms with Crippen molar-refractivity contribution >= 4 is 12.1 Å². The van der Waals surface area contributed by atoms with Gasteiger partial charge in [-0.25, -0.2) is 4.79 Å². The molecule has 0 radical (unpaired) electrons.